The topological polar surface area (TPSA) is 15.3 Å². The largest absolute Gasteiger partial charge is 0.371 e. The third-order valence-corrected chi connectivity index (χ3v) is 2.05. The molecule has 16 heavy (non-hydrogen) atoms. The summed E-state index contributed by atoms with van der Waals surface area (Å²) in [5.41, 5.74) is 1.18. The Hall–Kier alpha value is -1.02. The van der Waals surface area contributed by atoms with Gasteiger partial charge >= 0.3 is 0 Å². The molecule has 0 aromatic carbocycles. The van der Waals surface area contributed by atoms with E-state index in [4.69, 9.17) is 0 Å². The van der Waals surface area contributed by atoms with Gasteiger partial charge in [-0.3, -0.25) is 0 Å². The molecule has 0 saturated heterocycles. The minimum Gasteiger partial charge on any atom is -0.371 e. The second kappa shape index (κ2) is 14.0. The molecule has 0 radical (unpaired) electrons. The van der Waals surface area contributed by atoms with E-state index in [1.807, 2.05) is 46.0 Å². The van der Waals surface area contributed by atoms with Crippen molar-refractivity contribution in [1.82, 2.24) is 10.2 Å². The fourth-order valence-electron chi connectivity index (χ4n) is 1.21. The van der Waals surface area contributed by atoms with Gasteiger partial charge in [-0.05, 0) is 33.0 Å². The van der Waals surface area contributed by atoms with E-state index in [0.29, 0.717) is 0 Å². The fourth-order valence-corrected chi connectivity index (χ4v) is 1.21. The van der Waals surface area contributed by atoms with Gasteiger partial charge < -0.3 is 10.2 Å². The van der Waals surface area contributed by atoms with Gasteiger partial charge in [0.25, 0.3) is 0 Å². The minimum absolute atomic E-state index is 0.995. The van der Waals surface area contributed by atoms with Crippen molar-refractivity contribution in [2.75, 3.05) is 26.7 Å². The van der Waals surface area contributed by atoms with E-state index in [2.05, 4.69) is 29.8 Å². The van der Waals surface area contributed by atoms with Crippen LogP contribution in [0.2, 0.25) is 0 Å². The summed E-state index contributed by atoms with van der Waals surface area (Å²) in [7, 11) is 1.97. The molecular formula is C14H28N2. The first-order chi connectivity index (χ1) is 7.79. The first-order valence-electron chi connectivity index (χ1n) is 6.15. The molecule has 0 aromatic heterocycles. The molecule has 0 saturated carbocycles. The lowest BCUT2D eigenvalue weighted by Crippen LogP contribution is -2.29. The summed E-state index contributed by atoms with van der Waals surface area (Å²) in [5.74, 6) is 0. The normalized spacial score (nSPS) is 10.9. The summed E-state index contributed by atoms with van der Waals surface area (Å²) < 4.78 is 0. The lowest BCUT2D eigenvalue weighted by Gasteiger charge is -2.23. The summed E-state index contributed by atoms with van der Waals surface area (Å²) >= 11 is 0. The van der Waals surface area contributed by atoms with Crippen molar-refractivity contribution in [2.24, 2.45) is 0 Å². The lowest BCUT2D eigenvalue weighted by atomic mass is 10.3. The standard InChI is InChI=1S/C12H22N2.C2H6/c1-5-8-9-12(6-2)14(7-3)11-10-13-4;1-2/h5-6,8-9,13H,2,7,10-11H2,1,3-4H3;1-2H3/b8-5-,12-9+;. The van der Waals surface area contributed by atoms with E-state index in [-0.39, 0.29) is 0 Å². The average Bonchev–Trinajstić information content (AvgIpc) is 2.36. The van der Waals surface area contributed by atoms with Crippen LogP contribution >= 0.6 is 0 Å². The Morgan fingerprint density at radius 3 is 2.38 bits per heavy atom. The number of hydrogen-bond donors (Lipinski definition) is 1. The second-order valence-electron chi connectivity index (χ2n) is 3.00. The van der Waals surface area contributed by atoms with Gasteiger partial charge in [0.15, 0.2) is 0 Å². The lowest BCUT2D eigenvalue weighted by molar-refractivity contribution is 0.373. The molecule has 0 bridgehead atoms. The van der Waals surface area contributed by atoms with Crippen molar-refractivity contribution in [3.8, 4) is 0 Å². The molecule has 1 N–H and O–H groups in total. The van der Waals surface area contributed by atoms with E-state index in [0.717, 1.165) is 19.6 Å². The molecule has 0 amide bonds. The minimum atomic E-state index is 0.995. The van der Waals surface area contributed by atoms with Crippen LogP contribution in [0.3, 0.4) is 0 Å². The number of nitrogens with one attached hydrogen (secondary N) is 1. The first kappa shape index (κ1) is 17.4. The summed E-state index contributed by atoms with van der Waals surface area (Å²) in [6.45, 7) is 15.0. The molecule has 0 aliphatic carbocycles. The molecule has 0 spiro atoms. The molecule has 0 heterocycles. The van der Waals surface area contributed by atoms with Crippen LogP contribution in [-0.4, -0.2) is 31.6 Å². The smallest absolute Gasteiger partial charge is 0.0360 e. The molecule has 0 aromatic rings. The van der Waals surface area contributed by atoms with Gasteiger partial charge in [-0.1, -0.05) is 32.6 Å². The molecular weight excluding hydrogens is 196 g/mol. The highest BCUT2D eigenvalue weighted by Gasteiger charge is 2.01. The van der Waals surface area contributed by atoms with Crippen molar-refractivity contribution in [1.29, 1.82) is 0 Å². The van der Waals surface area contributed by atoms with Crippen molar-refractivity contribution in [2.45, 2.75) is 27.7 Å². The van der Waals surface area contributed by atoms with Gasteiger partial charge in [0.05, 0.1) is 0 Å². The molecule has 2 heteroatoms. The number of likely N-dealkylation sites (N-methyl/N-ethyl adjacent to an activating group) is 2. The Kier molecular flexibility index (Phi) is 15.2. The van der Waals surface area contributed by atoms with Crippen LogP contribution < -0.4 is 5.32 Å². The maximum absolute atomic E-state index is 3.83. The number of hydrogen-bond acceptors (Lipinski definition) is 2. The van der Waals surface area contributed by atoms with Gasteiger partial charge in [-0.25, -0.2) is 0 Å². The van der Waals surface area contributed by atoms with Crippen molar-refractivity contribution >= 4 is 0 Å². The van der Waals surface area contributed by atoms with Crippen LogP contribution in [0.25, 0.3) is 0 Å². The summed E-state index contributed by atoms with van der Waals surface area (Å²) in [6.07, 6.45) is 8.06. The van der Waals surface area contributed by atoms with Crippen LogP contribution in [0.5, 0.6) is 0 Å². The van der Waals surface area contributed by atoms with Crippen molar-refractivity contribution in [3.63, 3.8) is 0 Å². The molecule has 0 unspecified atom stereocenters. The molecule has 0 fully saturated rings. The Labute approximate surface area is 102 Å². The predicted octanol–water partition coefficient (Wildman–Crippen LogP) is 3.20. The van der Waals surface area contributed by atoms with E-state index < -0.39 is 0 Å². The highest BCUT2D eigenvalue weighted by Crippen LogP contribution is 2.04. The second-order valence-corrected chi connectivity index (χ2v) is 3.00. The Morgan fingerprint density at radius 2 is 2.00 bits per heavy atom. The molecule has 0 aliphatic heterocycles. The molecule has 94 valence electrons. The zero-order valence-electron chi connectivity index (χ0n) is 11.6. The maximum atomic E-state index is 3.83. The zero-order chi connectivity index (χ0) is 12.8. The SMILES string of the molecule is C=C/C(=C\C=C/C)N(CC)CCNC.CC. The van der Waals surface area contributed by atoms with E-state index in [9.17, 15) is 0 Å². The monoisotopic (exact) mass is 224 g/mol. The molecule has 0 rings (SSSR count). The number of nitrogens with zero attached hydrogens (tertiary/aromatic N) is 1. The highest BCUT2D eigenvalue weighted by molar-refractivity contribution is 5.20. The summed E-state index contributed by atoms with van der Waals surface area (Å²) in [5, 5.41) is 3.15. The van der Waals surface area contributed by atoms with Crippen molar-refractivity contribution < 1.29 is 0 Å². The number of rotatable bonds is 7. The highest BCUT2D eigenvalue weighted by atomic mass is 15.1. The third kappa shape index (κ3) is 8.30. The summed E-state index contributed by atoms with van der Waals surface area (Å²) in [6, 6.07) is 0. The van der Waals surface area contributed by atoms with Gasteiger partial charge in [0.2, 0.25) is 0 Å². The van der Waals surface area contributed by atoms with Crippen LogP contribution in [-0.2, 0) is 0 Å². The maximum Gasteiger partial charge on any atom is 0.0360 e. The van der Waals surface area contributed by atoms with Gasteiger partial charge in [0.1, 0.15) is 0 Å². The third-order valence-electron chi connectivity index (χ3n) is 2.05. The fraction of sp³-hybridized carbons (Fsp3) is 0.571. The first-order valence-corrected chi connectivity index (χ1v) is 6.15. The average molecular weight is 224 g/mol. The Balaban J connectivity index is 0. The van der Waals surface area contributed by atoms with Gasteiger partial charge in [0, 0.05) is 25.3 Å². The quantitative estimate of drug-likeness (QED) is 0.668. The molecule has 2 nitrogen and oxygen atoms in total. The van der Waals surface area contributed by atoms with E-state index >= 15 is 0 Å². The molecule has 0 atom stereocenters. The van der Waals surface area contributed by atoms with Crippen LogP contribution in [0.1, 0.15) is 27.7 Å². The Morgan fingerprint density at radius 1 is 1.38 bits per heavy atom. The van der Waals surface area contributed by atoms with Crippen LogP contribution in [0.4, 0.5) is 0 Å². The molecule has 0 aliphatic rings. The zero-order valence-corrected chi connectivity index (χ0v) is 11.6. The van der Waals surface area contributed by atoms with E-state index in [1.165, 1.54) is 5.70 Å². The van der Waals surface area contributed by atoms with Crippen LogP contribution in [0.15, 0.2) is 36.6 Å². The number of allylic oxidation sites excluding steroid dienone is 4. The Bertz CT molecular complexity index is 205. The van der Waals surface area contributed by atoms with Gasteiger partial charge in [-0.15, -0.1) is 0 Å². The van der Waals surface area contributed by atoms with Crippen LogP contribution in [0, 0.1) is 0 Å². The van der Waals surface area contributed by atoms with Gasteiger partial charge in [-0.2, -0.15) is 0 Å². The van der Waals surface area contributed by atoms with Crippen molar-refractivity contribution in [3.05, 3.63) is 36.6 Å². The predicted molar refractivity (Wildman–Crippen MR) is 75.6 cm³/mol. The summed E-state index contributed by atoms with van der Waals surface area (Å²) in [4.78, 5) is 2.30. The van der Waals surface area contributed by atoms with E-state index in [1.54, 1.807) is 0 Å².